The normalized spacial score (nSPS) is 15.8. The number of nitrogens with zero attached hydrogens (tertiary/aromatic N) is 1. The molecule has 8 nitrogen and oxygen atoms in total. The third-order valence-corrected chi connectivity index (χ3v) is 5.60. The zero-order chi connectivity index (χ0) is 17.7. The number of ether oxygens (including phenoxy) is 3. The zero-order valence-corrected chi connectivity index (χ0v) is 14.3. The summed E-state index contributed by atoms with van der Waals surface area (Å²) in [4.78, 5) is 23.0. The molecule has 1 aromatic rings. The molecule has 132 valence electrons. The summed E-state index contributed by atoms with van der Waals surface area (Å²) in [6.07, 6.45) is 0. The molecule has 0 unspecified atom stereocenters. The molecule has 2 rings (SSSR count). The van der Waals surface area contributed by atoms with Crippen LogP contribution in [0, 0.1) is 6.92 Å². The van der Waals surface area contributed by atoms with E-state index in [2.05, 4.69) is 4.74 Å². The number of benzene rings is 1. The zero-order valence-electron chi connectivity index (χ0n) is 13.5. The average Bonchev–Trinajstić information content (AvgIpc) is 2.60. The van der Waals surface area contributed by atoms with E-state index in [0.717, 1.165) is 0 Å². The summed E-state index contributed by atoms with van der Waals surface area (Å²) >= 11 is 0. The second-order valence-electron chi connectivity index (χ2n) is 5.15. The highest BCUT2D eigenvalue weighted by Gasteiger charge is 2.28. The van der Waals surface area contributed by atoms with Gasteiger partial charge >= 0.3 is 11.9 Å². The monoisotopic (exact) mass is 357 g/mol. The minimum Gasteiger partial charge on any atom is -0.466 e. The van der Waals surface area contributed by atoms with E-state index in [9.17, 15) is 18.0 Å². The fourth-order valence-electron chi connectivity index (χ4n) is 2.20. The Morgan fingerprint density at radius 1 is 1.25 bits per heavy atom. The predicted octanol–water partition coefficient (Wildman–Crippen LogP) is 0.346. The first-order valence-corrected chi connectivity index (χ1v) is 8.72. The van der Waals surface area contributed by atoms with Crippen molar-refractivity contribution in [3.05, 3.63) is 29.3 Å². The Morgan fingerprint density at radius 3 is 2.54 bits per heavy atom. The van der Waals surface area contributed by atoms with Crippen LogP contribution in [-0.2, 0) is 29.0 Å². The van der Waals surface area contributed by atoms with Crippen LogP contribution in [-0.4, -0.2) is 64.7 Å². The Labute approximate surface area is 140 Å². The van der Waals surface area contributed by atoms with Gasteiger partial charge in [0.05, 0.1) is 30.8 Å². The van der Waals surface area contributed by atoms with Gasteiger partial charge in [-0.1, -0.05) is 6.07 Å². The first kappa shape index (κ1) is 18.4. The van der Waals surface area contributed by atoms with Crippen molar-refractivity contribution < 1.29 is 32.2 Å². The van der Waals surface area contributed by atoms with Crippen LogP contribution in [0.25, 0.3) is 0 Å². The van der Waals surface area contributed by atoms with Crippen molar-refractivity contribution >= 4 is 22.0 Å². The van der Waals surface area contributed by atoms with E-state index in [0.29, 0.717) is 18.8 Å². The summed E-state index contributed by atoms with van der Waals surface area (Å²) < 4.78 is 41.1. The largest absolute Gasteiger partial charge is 0.466 e. The van der Waals surface area contributed by atoms with Crippen LogP contribution in [0.5, 0.6) is 0 Å². The number of methoxy groups -OCH3 is 1. The number of carbonyl (C=O) groups is 2. The molecular weight excluding hydrogens is 338 g/mol. The van der Waals surface area contributed by atoms with Gasteiger partial charge in [-0.3, -0.25) is 0 Å². The van der Waals surface area contributed by atoms with Crippen molar-refractivity contribution in [2.45, 2.75) is 11.8 Å². The number of aryl methyl sites for hydroxylation is 1. The molecule has 0 N–H and O–H groups in total. The maximum absolute atomic E-state index is 12.7. The molecule has 24 heavy (non-hydrogen) atoms. The van der Waals surface area contributed by atoms with Gasteiger partial charge in [0.2, 0.25) is 10.0 Å². The van der Waals surface area contributed by atoms with E-state index in [1.54, 1.807) is 6.92 Å². The molecular formula is C15H19NO7S. The number of carbonyl (C=O) groups excluding carboxylic acids is 2. The number of esters is 2. The first-order chi connectivity index (χ1) is 11.4. The van der Waals surface area contributed by atoms with Crippen molar-refractivity contribution in [1.29, 1.82) is 0 Å². The van der Waals surface area contributed by atoms with E-state index in [-0.39, 0.29) is 23.5 Å². The lowest BCUT2D eigenvalue weighted by Gasteiger charge is -2.26. The van der Waals surface area contributed by atoms with Gasteiger partial charge in [-0.15, -0.1) is 0 Å². The lowest BCUT2D eigenvalue weighted by Crippen LogP contribution is -2.40. The quantitative estimate of drug-likeness (QED) is 0.701. The van der Waals surface area contributed by atoms with E-state index in [4.69, 9.17) is 9.47 Å². The lowest BCUT2D eigenvalue weighted by molar-refractivity contribution is -0.144. The molecule has 0 aliphatic carbocycles. The number of hydrogen-bond acceptors (Lipinski definition) is 7. The topological polar surface area (TPSA) is 99.2 Å². The summed E-state index contributed by atoms with van der Waals surface area (Å²) in [5.41, 5.74) is 0.572. The molecule has 1 saturated heterocycles. The van der Waals surface area contributed by atoms with Gasteiger partial charge in [0.1, 0.15) is 0 Å². The highest BCUT2D eigenvalue weighted by Crippen LogP contribution is 2.22. The number of sulfonamides is 1. The summed E-state index contributed by atoms with van der Waals surface area (Å²) in [7, 11) is -2.56. The molecule has 0 saturated carbocycles. The van der Waals surface area contributed by atoms with Gasteiger partial charge in [0, 0.05) is 13.1 Å². The molecule has 1 aliphatic heterocycles. The fraction of sp³-hybridized carbons (Fsp3) is 0.467. The van der Waals surface area contributed by atoms with Crippen LogP contribution in [0.15, 0.2) is 23.1 Å². The van der Waals surface area contributed by atoms with Gasteiger partial charge in [0.15, 0.2) is 6.61 Å². The molecule has 0 atom stereocenters. The molecule has 9 heteroatoms. The van der Waals surface area contributed by atoms with E-state index in [1.165, 1.54) is 29.6 Å². The van der Waals surface area contributed by atoms with Gasteiger partial charge in [-0.2, -0.15) is 4.31 Å². The Morgan fingerprint density at radius 2 is 1.92 bits per heavy atom. The van der Waals surface area contributed by atoms with Crippen molar-refractivity contribution in [1.82, 2.24) is 4.31 Å². The second kappa shape index (κ2) is 7.73. The Hall–Kier alpha value is -1.97. The maximum atomic E-state index is 12.7. The Kier molecular flexibility index (Phi) is 5.92. The Balaban J connectivity index is 2.24. The minimum absolute atomic E-state index is 0.0388. The number of hydrogen-bond donors (Lipinski definition) is 0. The van der Waals surface area contributed by atoms with Gasteiger partial charge in [-0.25, -0.2) is 18.0 Å². The fourth-order valence-corrected chi connectivity index (χ4v) is 3.86. The van der Waals surface area contributed by atoms with E-state index < -0.39 is 28.6 Å². The first-order valence-electron chi connectivity index (χ1n) is 7.28. The lowest BCUT2D eigenvalue weighted by atomic mass is 10.1. The molecule has 0 radical (unpaired) electrons. The number of rotatable bonds is 5. The van der Waals surface area contributed by atoms with Gasteiger partial charge in [-0.05, 0) is 24.6 Å². The highest BCUT2D eigenvalue weighted by molar-refractivity contribution is 7.89. The molecule has 1 aliphatic rings. The molecule has 1 fully saturated rings. The van der Waals surface area contributed by atoms with Crippen molar-refractivity contribution in [3.8, 4) is 0 Å². The highest BCUT2D eigenvalue weighted by atomic mass is 32.2. The molecule has 0 aromatic heterocycles. The summed E-state index contributed by atoms with van der Waals surface area (Å²) in [5.74, 6) is -1.49. The summed E-state index contributed by atoms with van der Waals surface area (Å²) in [6, 6.07) is 4.25. The van der Waals surface area contributed by atoms with Crippen LogP contribution < -0.4 is 0 Å². The molecule has 1 aromatic carbocycles. The predicted molar refractivity (Wildman–Crippen MR) is 83.1 cm³/mol. The van der Waals surface area contributed by atoms with Crippen LogP contribution in [0.1, 0.15) is 15.9 Å². The van der Waals surface area contributed by atoms with Crippen LogP contribution in [0.2, 0.25) is 0 Å². The van der Waals surface area contributed by atoms with Crippen molar-refractivity contribution in [3.63, 3.8) is 0 Å². The molecule has 0 amide bonds. The van der Waals surface area contributed by atoms with Crippen molar-refractivity contribution in [2.24, 2.45) is 0 Å². The third kappa shape index (κ3) is 4.11. The number of morpholine rings is 1. The van der Waals surface area contributed by atoms with Gasteiger partial charge in [0.25, 0.3) is 0 Å². The molecule has 0 bridgehead atoms. The van der Waals surface area contributed by atoms with E-state index in [1.807, 2.05) is 0 Å². The molecule has 0 spiro atoms. The van der Waals surface area contributed by atoms with Gasteiger partial charge < -0.3 is 14.2 Å². The Bertz CT molecular complexity index is 723. The van der Waals surface area contributed by atoms with Crippen molar-refractivity contribution in [2.75, 3.05) is 40.0 Å². The minimum atomic E-state index is -3.73. The van der Waals surface area contributed by atoms with Crippen LogP contribution in [0.3, 0.4) is 0 Å². The maximum Gasteiger partial charge on any atom is 0.344 e. The average molecular weight is 357 g/mol. The third-order valence-electron chi connectivity index (χ3n) is 3.56. The smallest absolute Gasteiger partial charge is 0.344 e. The SMILES string of the molecule is COC(=O)COC(=O)c1ccc(C)c(S(=O)(=O)N2CCOCC2)c1. The summed E-state index contributed by atoms with van der Waals surface area (Å²) in [6.45, 7) is 2.31. The van der Waals surface area contributed by atoms with Crippen LogP contribution >= 0.6 is 0 Å². The van der Waals surface area contributed by atoms with E-state index >= 15 is 0 Å². The van der Waals surface area contributed by atoms with Crippen LogP contribution in [0.4, 0.5) is 0 Å². The molecule has 1 heterocycles. The standard InChI is InChI=1S/C15H19NO7S/c1-11-3-4-12(15(18)23-10-14(17)21-2)9-13(11)24(19,20)16-5-7-22-8-6-16/h3-4,9H,5-8,10H2,1-2H3. The second-order valence-corrected chi connectivity index (χ2v) is 7.06. The summed E-state index contributed by atoms with van der Waals surface area (Å²) in [5, 5.41) is 0.